The van der Waals surface area contributed by atoms with E-state index in [1.165, 1.54) is 29.5 Å². The molecular formula is C21H17ClN2O6. The summed E-state index contributed by atoms with van der Waals surface area (Å²) in [6.07, 6.45) is 4.64. The van der Waals surface area contributed by atoms with Crippen molar-refractivity contribution in [3.63, 3.8) is 0 Å². The zero-order valence-electron chi connectivity index (χ0n) is 15.8. The van der Waals surface area contributed by atoms with Crippen molar-refractivity contribution in [1.29, 1.82) is 0 Å². The Labute approximate surface area is 175 Å². The van der Waals surface area contributed by atoms with Gasteiger partial charge in [-0.3, -0.25) is 19.7 Å². The van der Waals surface area contributed by atoms with E-state index in [4.69, 9.17) is 20.8 Å². The number of nitrogens with one attached hydrogen (secondary N) is 1. The maximum Gasteiger partial charge on any atom is 0.310 e. The highest BCUT2D eigenvalue weighted by atomic mass is 35.5. The topological polar surface area (TPSA) is 112 Å². The summed E-state index contributed by atoms with van der Waals surface area (Å²) in [5, 5.41) is 14.5. The summed E-state index contributed by atoms with van der Waals surface area (Å²) in [4.78, 5) is 34.7. The molecular weight excluding hydrogens is 412 g/mol. The molecule has 9 heteroatoms. The number of nitrogens with zero attached hydrogens (tertiary/aromatic N) is 1. The number of aryl methyl sites for hydroxylation is 2. The van der Waals surface area contributed by atoms with Gasteiger partial charge in [-0.25, -0.2) is 0 Å². The number of ether oxygens (including phenoxy) is 1. The van der Waals surface area contributed by atoms with E-state index in [1.807, 2.05) is 6.07 Å². The fourth-order valence-electron chi connectivity index (χ4n) is 3.59. The first-order valence-electron chi connectivity index (χ1n) is 9.32. The van der Waals surface area contributed by atoms with Gasteiger partial charge in [-0.1, -0.05) is 11.6 Å². The monoisotopic (exact) mass is 428 g/mol. The predicted molar refractivity (Wildman–Crippen MR) is 110 cm³/mol. The quantitative estimate of drug-likeness (QED) is 0.357. The van der Waals surface area contributed by atoms with E-state index in [-0.39, 0.29) is 22.8 Å². The lowest BCUT2D eigenvalue weighted by Gasteiger charge is -2.07. The molecule has 0 unspecified atom stereocenters. The summed E-state index contributed by atoms with van der Waals surface area (Å²) in [6.45, 7) is -0.566. The fourth-order valence-corrected chi connectivity index (χ4v) is 3.75. The molecule has 0 atom stereocenters. The van der Waals surface area contributed by atoms with Crippen molar-refractivity contribution in [2.75, 3.05) is 11.9 Å². The number of nitro benzene ring substituents is 1. The molecule has 1 heterocycles. The first kappa shape index (κ1) is 19.9. The number of nitro groups is 1. The van der Waals surface area contributed by atoms with Crippen LogP contribution in [0.1, 0.15) is 23.1 Å². The second kappa shape index (κ2) is 8.16. The number of anilines is 1. The van der Waals surface area contributed by atoms with Gasteiger partial charge in [0.1, 0.15) is 11.3 Å². The molecule has 30 heavy (non-hydrogen) atoms. The van der Waals surface area contributed by atoms with Crippen LogP contribution >= 0.6 is 11.6 Å². The molecule has 0 aliphatic heterocycles. The molecule has 0 spiro atoms. The van der Waals surface area contributed by atoms with Crippen molar-refractivity contribution >= 4 is 45.8 Å². The Kier molecular flexibility index (Phi) is 5.41. The Morgan fingerprint density at radius 1 is 1.20 bits per heavy atom. The van der Waals surface area contributed by atoms with Gasteiger partial charge in [-0.15, -0.1) is 0 Å². The van der Waals surface area contributed by atoms with Crippen molar-refractivity contribution < 1.29 is 23.7 Å². The molecule has 1 aromatic heterocycles. The number of fused-ring (bicyclic) bond motifs is 2. The van der Waals surface area contributed by atoms with E-state index in [0.717, 1.165) is 36.3 Å². The molecule has 8 nitrogen and oxygen atoms in total. The zero-order chi connectivity index (χ0) is 21.3. The molecule has 0 saturated carbocycles. The molecule has 1 aliphatic rings. The molecule has 0 bridgehead atoms. The normalized spacial score (nSPS) is 12.6. The van der Waals surface area contributed by atoms with E-state index in [1.54, 1.807) is 0 Å². The lowest BCUT2D eigenvalue weighted by atomic mass is 10.0. The highest BCUT2D eigenvalue weighted by Crippen LogP contribution is 2.31. The van der Waals surface area contributed by atoms with Crippen molar-refractivity contribution in [3.05, 3.63) is 68.4 Å². The highest BCUT2D eigenvalue weighted by molar-refractivity contribution is 6.31. The van der Waals surface area contributed by atoms with E-state index in [0.29, 0.717) is 5.56 Å². The number of amides is 1. The summed E-state index contributed by atoms with van der Waals surface area (Å²) < 4.78 is 10.6. The minimum Gasteiger partial charge on any atom is -0.464 e. The molecule has 0 radical (unpaired) electrons. The van der Waals surface area contributed by atoms with Gasteiger partial charge in [-0.2, -0.15) is 0 Å². The third-order valence-electron chi connectivity index (χ3n) is 5.00. The van der Waals surface area contributed by atoms with Crippen molar-refractivity contribution in [2.24, 2.45) is 0 Å². The number of hydrogen-bond acceptors (Lipinski definition) is 6. The van der Waals surface area contributed by atoms with E-state index < -0.39 is 23.4 Å². The Hall–Kier alpha value is -3.39. The molecule has 4 rings (SSSR count). The second-order valence-electron chi connectivity index (χ2n) is 7.04. The SMILES string of the molecule is O=C(COC(=O)Cc1coc2cc3c(cc12)CCC3)Nc1ccc(Cl)cc1[N+](=O)[O-]. The van der Waals surface area contributed by atoms with Crippen molar-refractivity contribution in [1.82, 2.24) is 0 Å². The van der Waals surface area contributed by atoms with Gasteiger partial charge < -0.3 is 14.5 Å². The summed E-state index contributed by atoms with van der Waals surface area (Å²) in [7, 11) is 0. The Balaban J connectivity index is 1.37. The molecule has 1 amide bonds. The molecule has 0 saturated heterocycles. The average molecular weight is 429 g/mol. The van der Waals surface area contributed by atoms with Crippen LogP contribution in [-0.2, 0) is 33.6 Å². The second-order valence-corrected chi connectivity index (χ2v) is 7.47. The molecule has 2 aromatic carbocycles. The van der Waals surface area contributed by atoms with Crippen LogP contribution in [0.5, 0.6) is 0 Å². The maximum absolute atomic E-state index is 12.2. The van der Waals surface area contributed by atoms with Gasteiger partial charge in [0.05, 0.1) is 17.6 Å². The number of carbonyl (C=O) groups excluding carboxylic acids is 2. The summed E-state index contributed by atoms with van der Waals surface area (Å²) in [5.41, 5.74) is 3.59. The van der Waals surface area contributed by atoms with Gasteiger partial charge in [0.15, 0.2) is 6.61 Å². The fraction of sp³-hybridized carbons (Fsp3) is 0.238. The summed E-state index contributed by atoms with van der Waals surface area (Å²) in [6, 6.07) is 7.92. The van der Waals surface area contributed by atoms with Crippen LogP contribution in [0.4, 0.5) is 11.4 Å². The molecule has 154 valence electrons. The van der Waals surface area contributed by atoms with E-state index in [9.17, 15) is 19.7 Å². The molecule has 1 N–H and O–H groups in total. The van der Waals surface area contributed by atoms with Crippen molar-refractivity contribution in [3.8, 4) is 0 Å². The number of carbonyl (C=O) groups is 2. The number of halogens is 1. The van der Waals surface area contributed by atoms with Crippen LogP contribution in [0.15, 0.2) is 41.0 Å². The first-order valence-corrected chi connectivity index (χ1v) is 9.70. The van der Waals surface area contributed by atoms with E-state index in [2.05, 4.69) is 11.4 Å². The average Bonchev–Trinajstić information content (AvgIpc) is 3.32. The van der Waals surface area contributed by atoms with Crippen LogP contribution in [0.3, 0.4) is 0 Å². The molecule has 1 aliphatic carbocycles. The smallest absolute Gasteiger partial charge is 0.310 e. The number of hydrogen-bond donors (Lipinski definition) is 1. The van der Waals surface area contributed by atoms with Crippen LogP contribution in [0.2, 0.25) is 5.02 Å². The van der Waals surface area contributed by atoms with Gasteiger partial charge in [0.25, 0.3) is 11.6 Å². The predicted octanol–water partition coefficient (Wildman–Crippen LogP) is 4.21. The molecule has 3 aromatic rings. The van der Waals surface area contributed by atoms with Crippen LogP contribution in [-0.4, -0.2) is 23.4 Å². The Morgan fingerprint density at radius 2 is 1.97 bits per heavy atom. The third-order valence-corrected chi connectivity index (χ3v) is 5.23. The molecule has 0 fully saturated rings. The third kappa shape index (κ3) is 4.13. The van der Waals surface area contributed by atoms with Gasteiger partial charge in [-0.05, 0) is 54.7 Å². The zero-order valence-corrected chi connectivity index (χ0v) is 16.5. The van der Waals surface area contributed by atoms with Crippen molar-refractivity contribution in [2.45, 2.75) is 25.7 Å². The number of benzene rings is 2. The summed E-state index contributed by atoms with van der Waals surface area (Å²) in [5.74, 6) is -1.29. The Morgan fingerprint density at radius 3 is 2.73 bits per heavy atom. The number of furan rings is 1. The number of rotatable bonds is 6. The van der Waals surface area contributed by atoms with E-state index >= 15 is 0 Å². The Bertz CT molecular complexity index is 1170. The number of esters is 1. The van der Waals surface area contributed by atoms with Gasteiger partial charge >= 0.3 is 5.97 Å². The standard InChI is InChI=1S/C21H17ClN2O6/c22-15-4-5-17(18(9-15)24(27)28)23-20(25)11-30-21(26)8-14-10-29-19-7-13-3-1-2-12(13)6-16(14)19/h4-7,9-10H,1-3,8,11H2,(H,23,25). The minimum atomic E-state index is -0.691. The van der Waals surface area contributed by atoms with Gasteiger partial charge in [0.2, 0.25) is 0 Å². The lowest BCUT2D eigenvalue weighted by Crippen LogP contribution is -2.22. The minimum absolute atomic E-state index is 0.0277. The summed E-state index contributed by atoms with van der Waals surface area (Å²) >= 11 is 5.75. The largest absolute Gasteiger partial charge is 0.464 e. The van der Waals surface area contributed by atoms with Crippen LogP contribution in [0.25, 0.3) is 11.0 Å². The highest BCUT2D eigenvalue weighted by Gasteiger charge is 2.19. The van der Waals surface area contributed by atoms with Crippen LogP contribution in [0, 0.1) is 10.1 Å². The van der Waals surface area contributed by atoms with Gasteiger partial charge in [0, 0.05) is 22.0 Å². The lowest BCUT2D eigenvalue weighted by molar-refractivity contribution is -0.383. The maximum atomic E-state index is 12.2. The van der Waals surface area contributed by atoms with Crippen LogP contribution < -0.4 is 5.32 Å². The first-order chi connectivity index (χ1) is 14.4.